The van der Waals surface area contributed by atoms with Gasteiger partial charge in [-0.1, -0.05) is 6.92 Å². The number of carbonyl (C=O) groups is 1. The van der Waals surface area contributed by atoms with Crippen LogP contribution in [-0.2, 0) is 0 Å². The van der Waals surface area contributed by atoms with Crippen molar-refractivity contribution in [3.8, 4) is 0 Å². The highest BCUT2D eigenvalue weighted by molar-refractivity contribution is 7.09. The van der Waals surface area contributed by atoms with Gasteiger partial charge in [-0.25, -0.2) is 9.78 Å². The molecule has 0 saturated carbocycles. The Hall–Kier alpha value is -1.14. The first-order chi connectivity index (χ1) is 8.31. The summed E-state index contributed by atoms with van der Waals surface area (Å²) in [5.41, 5.74) is 0. The van der Waals surface area contributed by atoms with Crippen molar-refractivity contribution in [1.29, 1.82) is 0 Å². The highest BCUT2D eigenvalue weighted by atomic mass is 32.1. The van der Waals surface area contributed by atoms with Crippen LogP contribution in [0, 0.1) is 0 Å². The summed E-state index contributed by atoms with van der Waals surface area (Å²) in [6, 6.07) is 0.356. The van der Waals surface area contributed by atoms with Gasteiger partial charge >= 0.3 is 6.03 Å². The number of amides is 2. The molecule has 1 saturated heterocycles. The second-order valence-corrected chi connectivity index (χ2v) is 4.93. The summed E-state index contributed by atoms with van der Waals surface area (Å²) in [6.45, 7) is 5.29. The Balaban J connectivity index is 1.75. The van der Waals surface area contributed by atoms with Crippen LogP contribution in [0.15, 0.2) is 11.6 Å². The summed E-state index contributed by atoms with van der Waals surface area (Å²) >= 11 is 1.67. The average molecular weight is 254 g/mol. The molecular weight excluding hydrogens is 236 g/mol. The molecule has 0 bridgehead atoms. The zero-order chi connectivity index (χ0) is 12.1. The number of urea groups is 1. The van der Waals surface area contributed by atoms with E-state index in [9.17, 15) is 4.79 Å². The first kappa shape index (κ1) is 12.3. The quantitative estimate of drug-likeness (QED) is 0.802. The van der Waals surface area contributed by atoms with E-state index >= 15 is 0 Å². The molecule has 1 aliphatic heterocycles. The fourth-order valence-corrected chi connectivity index (χ4v) is 2.71. The van der Waals surface area contributed by atoms with E-state index in [-0.39, 0.29) is 6.03 Å². The fourth-order valence-electron chi connectivity index (χ4n) is 1.91. The molecule has 2 rings (SSSR count). The molecule has 1 aromatic rings. The molecule has 2 heterocycles. The molecule has 6 heteroatoms. The number of thiazole rings is 1. The van der Waals surface area contributed by atoms with E-state index in [2.05, 4.69) is 22.5 Å². The zero-order valence-corrected chi connectivity index (χ0v) is 10.8. The maximum absolute atomic E-state index is 11.3. The molecule has 17 heavy (non-hydrogen) atoms. The molecule has 5 nitrogen and oxygen atoms in total. The standard InChI is InChI=1S/C11H18N4OS/c1-2-9(10-13-5-8-17-10)12-3-6-15-7-4-14-11(15)16/h5,8-9,12H,2-4,6-7H2,1H3,(H,14,16). The van der Waals surface area contributed by atoms with Gasteiger partial charge in [0.25, 0.3) is 0 Å². The number of nitrogens with zero attached hydrogens (tertiary/aromatic N) is 2. The minimum atomic E-state index is 0.0501. The Morgan fingerprint density at radius 3 is 3.18 bits per heavy atom. The Labute approximate surface area is 105 Å². The third kappa shape index (κ3) is 3.17. The monoisotopic (exact) mass is 254 g/mol. The van der Waals surface area contributed by atoms with Crippen LogP contribution in [-0.4, -0.2) is 42.1 Å². The van der Waals surface area contributed by atoms with Crippen molar-refractivity contribution in [3.63, 3.8) is 0 Å². The van der Waals surface area contributed by atoms with Gasteiger partial charge in [0.05, 0.1) is 6.04 Å². The number of hydrogen-bond donors (Lipinski definition) is 2. The van der Waals surface area contributed by atoms with E-state index in [0.29, 0.717) is 6.04 Å². The van der Waals surface area contributed by atoms with Crippen LogP contribution in [0.4, 0.5) is 4.79 Å². The number of hydrogen-bond acceptors (Lipinski definition) is 4. The average Bonchev–Trinajstić information content (AvgIpc) is 2.97. The van der Waals surface area contributed by atoms with Crippen LogP contribution < -0.4 is 10.6 Å². The molecule has 2 N–H and O–H groups in total. The van der Waals surface area contributed by atoms with Crippen molar-refractivity contribution in [1.82, 2.24) is 20.5 Å². The Kier molecular flexibility index (Phi) is 4.33. The van der Waals surface area contributed by atoms with Crippen molar-refractivity contribution in [2.75, 3.05) is 26.2 Å². The normalized spacial score (nSPS) is 17.2. The van der Waals surface area contributed by atoms with Crippen molar-refractivity contribution < 1.29 is 4.79 Å². The van der Waals surface area contributed by atoms with Gasteiger partial charge in [0.1, 0.15) is 5.01 Å². The molecule has 2 amide bonds. The summed E-state index contributed by atoms with van der Waals surface area (Å²) < 4.78 is 0. The minimum absolute atomic E-state index is 0.0501. The smallest absolute Gasteiger partial charge is 0.317 e. The lowest BCUT2D eigenvalue weighted by Gasteiger charge is -2.18. The number of carbonyl (C=O) groups excluding carboxylic acids is 1. The minimum Gasteiger partial charge on any atom is -0.336 e. The van der Waals surface area contributed by atoms with Gasteiger partial charge in [-0.2, -0.15) is 0 Å². The lowest BCUT2D eigenvalue weighted by molar-refractivity contribution is 0.217. The molecular formula is C11H18N4OS. The van der Waals surface area contributed by atoms with Gasteiger partial charge in [0, 0.05) is 37.8 Å². The predicted molar refractivity (Wildman–Crippen MR) is 68.1 cm³/mol. The van der Waals surface area contributed by atoms with Crippen molar-refractivity contribution in [2.45, 2.75) is 19.4 Å². The Morgan fingerprint density at radius 2 is 2.59 bits per heavy atom. The molecule has 1 aromatic heterocycles. The topological polar surface area (TPSA) is 57.3 Å². The Morgan fingerprint density at radius 1 is 1.71 bits per heavy atom. The lowest BCUT2D eigenvalue weighted by atomic mass is 10.2. The van der Waals surface area contributed by atoms with Crippen molar-refractivity contribution >= 4 is 17.4 Å². The van der Waals surface area contributed by atoms with Crippen molar-refractivity contribution in [2.24, 2.45) is 0 Å². The molecule has 1 atom stereocenters. The van der Waals surface area contributed by atoms with Crippen LogP contribution in [0.5, 0.6) is 0 Å². The van der Waals surface area contributed by atoms with Gasteiger partial charge in [-0.05, 0) is 6.42 Å². The number of nitrogens with one attached hydrogen (secondary N) is 2. The maximum Gasteiger partial charge on any atom is 0.317 e. The first-order valence-corrected chi connectivity index (χ1v) is 6.84. The van der Waals surface area contributed by atoms with E-state index in [1.165, 1.54) is 0 Å². The number of aromatic nitrogens is 1. The van der Waals surface area contributed by atoms with Gasteiger partial charge in [0.2, 0.25) is 0 Å². The third-order valence-electron chi connectivity index (χ3n) is 2.88. The van der Waals surface area contributed by atoms with Crippen LogP contribution in [0.25, 0.3) is 0 Å². The van der Waals surface area contributed by atoms with Crippen LogP contribution in [0.1, 0.15) is 24.4 Å². The van der Waals surface area contributed by atoms with Gasteiger partial charge in [-0.15, -0.1) is 11.3 Å². The van der Waals surface area contributed by atoms with Crippen LogP contribution >= 0.6 is 11.3 Å². The summed E-state index contributed by atoms with van der Waals surface area (Å²) in [6.07, 6.45) is 2.85. The molecule has 94 valence electrons. The van der Waals surface area contributed by atoms with Crippen LogP contribution in [0.3, 0.4) is 0 Å². The molecule has 0 aromatic carbocycles. The van der Waals surface area contributed by atoms with Crippen molar-refractivity contribution in [3.05, 3.63) is 16.6 Å². The summed E-state index contributed by atoms with van der Waals surface area (Å²) in [4.78, 5) is 17.5. The highest BCUT2D eigenvalue weighted by Crippen LogP contribution is 2.18. The summed E-state index contributed by atoms with van der Waals surface area (Å²) in [5, 5.41) is 9.36. The van der Waals surface area contributed by atoms with E-state index in [1.807, 2.05) is 16.5 Å². The first-order valence-electron chi connectivity index (χ1n) is 5.96. The zero-order valence-electron chi connectivity index (χ0n) is 9.98. The Bertz CT molecular complexity index is 354. The summed E-state index contributed by atoms with van der Waals surface area (Å²) in [5.74, 6) is 0. The predicted octanol–water partition coefficient (Wildman–Crippen LogP) is 1.21. The van der Waals surface area contributed by atoms with Gasteiger partial charge in [-0.3, -0.25) is 0 Å². The molecule has 1 unspecified atom stereocenters. The largest absolute Gasteiger partial charge is 0.336 e. The van der Waals surface area contributed by atoms with E-state index < -0.39 is 0 Å². The third-order valence-corrected chi connectivity index (χ3v) is 3.76. The molecule has 1 fully saturated rings. The molecule has 0 aliphatic carbocycles. The SMILES string of the molecule is CCC(NCCN1CCNC1=O)c1nccs1. The molecule has 0 spiro atoms. The second-order valence-electron chi connectivity index (χ2n) is 4.00. The van der Waals surface area contributed by atoms with Gasteiger partial charge in [0.15, 0.2) is 0 Å². The fraction of sp³-hybridized carbons (Fsp3) is 0.636. The van der Waals surface area contributed by atoms with E-state index in [1.54, 1.807) is 11.3 Å². The van der Waals surface area contributed by atoms with E-state index in [0.717, 1.165) is 37.6 Å². The lowest BCUT2D eigenvalue weighted by Crippen LogP contribution is -2.35. The highest BCUT2D eigenvalue weighted by Gasteiger charge is 2.19. The molecule has 0 radical (unpaired) electrons. The second kappa shape index (κ2) is 5.97. The summed E-state index contributed by atoms with van der Waals surface area (Å²) in [7, 11) is 0. The van der Waals surface area contributed by atoms with E-state index in [4.69, 9.17) is 0 Å². The van der Waals surface area contributed by atoms with Gasteiger partial charge < -0.3 is 15.5 Å². The number of rotatable bonds is 6. The van der Waals surface area contributed by atoms with Crippen LogP contribution in [0.2, 0.25) is 0 Å². The molecule has 1 aliphatic rings. The maximum atomic E-state index is 11.3.